The number of anilines is 1. The van der Waals surface area contributed by atoms with Gasteiger partial charge in [-0.15, -0.1) is 0 Å². The number of benzene rings is 1. The van der Waals surface area contributed by atoms with Crippen LogP contribution in [0, 0.1) is 13.8 Å². The van der Waals surface area contributed by atoms with Crippen molar-refractivity contribution in [1.82, 2.24) is 10.2 Å². The van der Waals surface area contributed by atoms with Crippen LogP contribution in [0.1, 0.15) is 17.5 Å². The van der Waals surface area contributed by atoms with Gasteiger partial charge in [-0.05, 0) is 37.1 Å². The lowest BCUT2D eigenvalue weighted by atomic mass is 10.1. The van der Waals surface area contributed by atoms with Crippen LogP contribution >= 0.6 is 0 Å². The maximum absolute atomic E-state index is 11.9. The SMILES string of the molecule is Cc1ccc(NC(=O)CC(=O)NCCN2CCOCC2)cc1C. The molecule has 0 unspecified atom stereocenters. The first-order valence-corrected chi connectivity index (χ1v) is 7.98. The van der Waals surface area contributed by atoms with Crippen LogP contribution in [0.4, 0.5) is 5.69 Å². The number of morpholine rings is 1. The van der Waals surface area contributed by atoms with E-state index < -0.39 is 0 Å². The van der Waals surface area contributed by atoms with Crippen LogP contribution in [0.25, 0.3) is 0 Å². The summed E-state index contributed by atoms with van der Waals surface area (Å²) < 4.78 is 5.27. The lowest BCUT2D eigenvalue weighted by Gasteiger charge is -2.26. The molecule has 0 spiro atoms. The topological polar surface area (TPSA) is 70.7 Å². The minimum atomic E-state index is -0.294. The number of amides is 2. The van der Waals surface area contributed by atoms with E-state index in [1.807, 2.05) is 32.0 Å². The molecule has 1 aromatic carbocycles. The molecule has 0 bridgehead atoms. The van der Waals surface area contributed by atoms with Gasteiger partial charge >= 0.3 is 0 Å². The number of rotatable bonds is 6. The Labute approximate surface area is 137 Å². The third-order valence-electron chi connectivity index (χ3n) is 3.97. The summed E-state index contributed by atoms with van der Waals surface area (Å²) in [6.07, 6.45) is -0.157. The second-order valence-corrected chi connectivity index (χ2v) is 5.83. The normalized spacial score (nSPS) is 15.2. The number of nitrogens with zero attached hydrogens (tertiary/aromatic N) is 1. The first-order valence-electron chi connectivity index (χ1n) is 7.98. The van der Waals surface area contributed by atoms with Crippen molar-refractivity contribution in [2.24, 2.45) is 0 Å². The van der Waals surface area contributed by atoms with Crippen LogP contribution in [0.15, 0.2) is 18.2 Å². The molecule has 6 heteroatoms. The summed E-state index contributed by atoms with van der Waals surface area (Å²) in [6.45, 7) is 8.61. The van der Waals surface area contributed by atoms with Crippen LogP contribution in [0.5, 0.6) is 0 Å². The van der Waals surface area contributed by atoms with E-state index in [1.165, 1.54) is 5.56 Å². The van der Waals surface area contributed by atoms with Crippen molar-refractivity contribution in [1.29, 1.82) is 0 Å². The maximum Gasteiger partial charge on any atom is 0.233 e. The standard InChI is InChI=1S/C17H25N3O3/c1-13-3-4-15(11-14(13)2)19-17(22)12-16(21)18-5-6-20-7-9-23-10-8-20/h3-4,11H,5-10,12H2,1-2H3,(H,18,21)(H,19,22). The van der Waals surface area contributed by atoms with Gasteiger partial charge in [0.15, 0.2) is 0 Å². The lowest BCUT2D eigenvalue weighted by molar-refractivity contribution is -0.126. The quantitative estimate of drug-likeness (QED) is 0.770. The van der Waals surface area contributed by atoms with Crippen LogP contribution in [-0.4, -0.2) is 56.1 Å². The van der Waals surface area contributed by atoms with Gasteiger partial charge in [0.25, 0.3) is 0 Å². The molecule has 0 radical (unpaired) electrons. The number of carbonyl (C=O) groups excluding carboxylic acids is 2. The average Bonchev–Trinajstić information content (AvgIpc) is 2.52. The van der Waals surface area contributed by atoms with Gasteiger partial charge in [-0.2, -0.15) is 0 Å². The molecule has 1 aliphatic heterocycles. The van der Waals surface area contributed by atoms with E-state index in [-0.39, 0.29) is 18.2 Å². The molecule has 0 saturated carbocycles. The van der Waals surface area contributed by atoms with E-state index in [0.717, 1.165) is 44.1 Å². The summed E-state index contributed by atoms with van der Waals surface area (Å²) in [5.74, 6) is -0.545. The fourth-order valence-corrected chi connectivity index (χ4v) is 2.41. The third kappa shape index (κ3) is 6.00. The molecule has 126 valence electrons. The van der Waals surface area contributed by atoms with Gasteiger partial charge in [0.05, 0.1) is 13.2 Å². The monoisotopic (exact) mass is 319 g/mol. The van der Waals surface area contributed by atoms with Gasteiger partial charge in [0, 0.05) is 31.9 Å². The van der Waals surface area contributed by atoms with E-state index in [0.29, 0.717) is 6.54 Å². The largest absolute Gasteiger partial charge is 0.379 e. The molecule has 6 nitrogen and oxygen atoms in total. The molecule has 1 heterocycles. The number of aryl methyl sites for hydroxylation is 2. The van der Waals surface area contributed by atoms with Crippen molar-refractivity contribution in [3.05, 3.63) is 29.3 Å². The highest BCUT2D eigenvalue weighted by Gasteiger charge is 2.12. The molecule has 1 fully saturated rings. The fraction of sp³-hybridized carbons (Fsp3) is 0.529. The van der Waals surface area contributed by atoms with E-state index in [2.05, 4.69) is 15.5 Å². The zero-order valence-corrected chi connectivity index (χ0v) is 13.9. The molecule has 2 amide bonds. The van der Waals surface area contributed by atoms with E-state index in [4.69, 9.17) is 4.74 Å². The van der Waals surface area contributed by atoms with Crippen molar-refractivity contribution in [2.45, 2.75) is 20.3 Å². The predicted molar refractivity (Wildman–Crippen MR) is 89.4 cm³/mol. The van der Waals surface area contributed by atoms with Crippen molar-refractivity contribution in [2.75, 3.05) is 44.7 Å². The zero-order chi connectivity index (χ0) is 16.7. The Bertz CT molecular complexity index is 554. The van der Waals surface area contributed by atoms with E-state index in [9.17, 15) is 9.59 Å². The molecule has 2 rings (SSSR count). The fourth-order valence-electron chi connectivity index (χ4n) is 2.41. The van der Waals surface area contributed by atoms with Gasteiger partial charge in [-0.3, -0.25) is 14.5 Å². The molecule has 0 atom stereocenters. The van der Waals surface area contributed by atoms with Crippen molar-refractivity contribution in [3.63, 3.8) is 0 Å². The van der Waals surface area contributed by atoms with E-state index >= 15 is 0 Å². The lowest BCUT2D eigenvalue weighted by Crippen LogP contribution is -2.41. The van der Waals surface area contributed by atoms with Gasteiger partial charge in [0.1, 0.15) is 6.42 Å². The number of hydrogen-bond donors (Lipinski definition) is 2. The molecule has 0 aliphatic carbocycles. The Hall–Kier alpha value is -1.92. The van der Waals surface area contributed by atoms with Gasteiger partial charge in [0.2, 0.25) is 11.8 Å². The first-order chi connectivity index (χ1) is 11.0. The van der Waals surface area contributed by atoms with Crippen molar-refractivity contribution in [3.8, 4) is 0 Å². The molecule has 1 saturated heterocycles. The Morgan fingerprint density at radius 1 is 1.13 bits per heavy atom. The number of carbonyl (C=O) groups is 2. The van der Waals surface area contributed by atoms with Crippen LogP contribution in [0.3, 0.4) is 0 Å². The highest BCUT2D eigenvalue weighted by molar-refractivity contribution is 6.03. The number of hydrogen-bond acceptors (Lipinski definition) is 4. The zero-order valence-electron chi connectivity index (χ0n) is 13.9. The Balaban J connectivity index is 1.67. The van der Waals surface area contributed by atoms with Gasteiger partial charge in [-0.1, -0.05) is 6.07 Å². The van der Waals surface area contributed by atoms with E-state index in [1.54, 1.807) is 0 Å². The Morgan fingerprint density at radius 2 is 1.87 bits per heavy atom. The highest BCUT2D eigenvalue weighted by atomic mass is 16.5. The molecule has 23 heavy (non-hydrogen) atoms. The minimum absolute atomic E-state index is 0.157. The van der Waals surface area contributed by atoms with Crippen LogP contribution in [-0.2, 0) is 14.3 Å². The second kappa shape index (κ2) is 8.64. The summed E-state index contributed by atoms with van der Waals surface area (Å²) >= 11 is 0. The summed E-state index contributed by atoms with van der Waals surface area (Å²) in [7, 11) is 0. The predicted octanol–water partition coefficient (Wildman–Crippen LogP) is 1.08. The van der Waals surface area contributed by atoms with Crippen LogP contribution in [0.2, 0.25) is 0 Å². The van der Waals surface area contributed by atoms with Crippen molar-refractivity contribution >= 4 is 17.5 Å². The third-order valence-corrected chi connectivity index (χ3v) is 3.97. The van der Waals surface area contributed by atoms with Crippen LogP contribution < -0.4 is 10.6 Å². The minimum Gasteiger partial charge on any atom is -0.379 e. The summed E-state index contributed by atoms with van der Waals surface area (Å²) in [4.78, 5) is 25.9. The Morgan fingerprint density at radius 3 is 2.57 bits per heavy atom. The van der Waals surface area contributed by atoms with Gasteiger partial charge < -0.3 is 15.4 Å². The van der Waals surface area contributed by atoms with Crippen molar-refractivity contribution < 1.29 is 14.3 Å². The first kappa shape index (κ1) is 17.4. The molecule has 2 N–H and O–H groups in total. The summed E-state index contributed by atoms with van der Waals surface area (Å²) in [5, 5.41) is 5.54. The maximum atomic E-state index is 11.9. The second-order valence-electron chi connectivity index (χ2n) is 5.83. The highest BCUT2D eigenvalue weighted by Crippen LogP contribution is 2.14. The molecular formula is C17H25N3O3. The number of ether oxygens (including phenoxy) is 1. The molecule has 1 aromatic rings. The summed E-state index contributed by atoms with van der Waals surface area (Å²) in [5.41, 5.74) is 3.00. The number of nitrogens with one attached hydrogen (secondary N) is 2. The molecule has 1 aliphatic rings. The molecule has 0 aromatic heterocycles. The summed E-state index contributed by atoms with van der Waals surface area (Å²) in [6, 6.07) is 5.70. The smallest absolute Gasteiger partial charge is 0.233 e. The van der Waals surface area contributed by atoms with Gasteiger partial charge in [-0.25, -0.2) is 0 Å². The molecular weight excluding hydrogens is 294 g/mol. The Kier molecular flexibility index (Phi) is 6.55. The average molecular weight is 319 g/mol.